The molecule has 0 aliphatic rings. The van der Waals surface area contributed by atoms with Crippen molar-refractivity contribution in [1.82, 2.24) is 5.32 Å². The minimum atomic E-state index is 0.830. The van der Waals surface area contributed by atoms with E-state index in [2.05, 4.69) is 67.7 Å². The predicted molar refractivity (Wildman–Crippen MR) is 107 cm³/mol. The average molecular weight is 340 g/mol. The highest BCUT2D eigenvalue weighted by molar-refractivity contribution is 5.27. The molecule has 0 bridgehead atoms. The van der Waals surface area contributed by atoms with Gasteiger partial charge in [0.2, 0.25) is 0 Å². The molecule has 0 saturated carbocycles. The molecule has 0 atom stereocenters. The lowest BCUT2D eigenvalue weighted by molar-refractivity contribution is 0.304. The second-order valence-corrected chi connectivity index (χ2v) is 6.85. The third kappa shape index (κ3) is 8.22. The zero-order chi connectivity index (χ0) is 17.7. The van der Waals surface area contributed by atoms with E-state index in [9.17, 15) is 0 Å². The molecule has 0 aliphatic carbocycles. The van der Waals surface area contributed by atoms with Gasteiger partial charge in [0, 0.05) is 13.1 Å². The highest BCUT2D eigenvalue weighted by Crippen LogP contribution is 2.13. The molecule has 0 fully saturated rings. The minimum Gasteiger partial charge on any atom is -0.494 e. The Balaban J connectivity index is 1.61. The van der Waals surface area contributed by atoms with Gasteiger partial charge in [-0.1, -0.05) is 81.0 Å². The van der Waals surface area contributed by atoms with Crippen molar-refractivity contribution in [3.8, 4) is 5.75 Å². The van der Waals surface area contributed by atoms with Crippen LogP contribution in [0.15, 0.2) is 48.5 Å². The summed E-state index contributed by atoms with van der Waals surface area (Å²) in [6.45, 7) is 7.00. The fourth-order valence-electron chi connectivity index (χ4n) is 2.95. The quantitative estimate of drug-likeness (QED) is 0.477. The molecule has 0 radical (unpaired) electrons. The Morgan fingerprint density at radius 1 is 0.800 bits per heavy atom. The van der Waals surface area contributed by atoms with E-state index >= 15 is 0 Å². The van der Waals surface area contributed by atoms with Gasteiger partial charge in [-0.25, -0.2) is 0 Å². The molecule has 0 unspecified atom stereocenters. The van der Waals surface area contributed by atoms with Gasteiger partial charge in [0.25, 0.3) is 0 Å². The number of benzene rings is 2. The third-order valence-corrected chi connectivity index (χ3v) is 4.43. The van der Waals surface area contributed by atoms with Gasteiger partial charge in [-0.2, -0.15) is 0 Å². The van der Waals surface area contributed by atoms with Crippen molar-refractivity contribution in [3.63, 3.8) is 0 Å². The molecule has 25 heavy (non-hydrogen) atoms. The third-order valence-electron chi connectivity index (χ3n) is 4.43. The molecular formula is C23H33NO. The van der Waals surface area contributed by atoms with Crippen LogP contribution in [0.3, 0.4) is 0 Å². The van der Waals surface area contributed by atoms with Gasteiger partial charge in [-0.05, 0) is 36.6 Å². The molecule has 0 aromatic heterocycles. The van der Waals surface area contributed by atoms with Gasteiger partial charge in [0.05, 0.1) is 6.61 Å². The van der Waals surface area contributed by atoms with E-state index < -0.39 is 0 Å². The van der Waals surface area contributed by atoms with Crippen LogP contribution in [0.5, 0.6) is 5.75 Å². The summed E-state index contributed by atoms with van der Waals surface area (Å²) < 4.78 is 5.83. The Bertz CT molecular complexity index is 591. The van der Waals surface area contributed by atoms with E-state index in [4.69, 9.17) is 4.74 Å². The monoisotopic (exact) mass is 339 g/mol. The first-order valence-electron chi connectivity index (χ1n) is 9.76. The number of unbranched alkanes of at least 4 members (excludes halogenated alkanes) is 5. The first-order chi connectivity index (χ1) is 12.3. The van der Waals surface area contributed by atoms with Crippen molar-refractivity contribution < 1.29 is 4.74 Å². The zero-order valence-electron chi connectivity index (χ0n) is 15.9. The smallest absolute Gasteiger partial charge is 0.119 e. The van der Waals surface area contributed by atoms with Crippen LogP contribution in [0, 0.1) is 6.92 Å². The molecule has 2 aromatic carbocycles. The topological polar surface area (TPSA) is 21.3 Å². The molecule has 136 valence electrons. The fourth-order valence-corrected chi connectivity index (χ4v) is 2.95. The van der Waals surface area contributed by atoms with Gasteiger partial charge in [-0.3, -0.25) is 0 Å². The summed E-state index contributed by atoms with van der Waals surface area (Å²) in [5, 5.41) is 3.50. The molecule has 2 nitrogen and oxygen atoms in total. The van der Waals surface area contributed by atoms with Crippen LogP contribution < -0.4 is 10.1 Å². The molecule has 0 heterocycles. The number of hydrogen-bond acceptors (Lipinski definition) is 2. The first kappa shape index (κ1) is 19.5. The van der Waals surface area contributed by atoms with E-state index in [1.165, 1.54) is 48.8 Å². The van der Waals surface area contributed by atoms with Gasteiger partial charge < -0.3 is 10.1 Å². The maximum Gasteiger partial charge on any atom is 0.119 e. The Morgan fingerprint density at radius 3 is 2.28 bits per heavy atom. The van der Waals surface area contributed by atoms with Crippen LogP contribution in [-0.2, 0) is 13.1 Å². The van der Waals surface area contributed by atoms with Crippen LogP contribution in [0.2, 0.25) is 0 Å². The molecule has 0 saturated heterocycles. The summed E-state index contributed by atoms with van der Waals surface area (Å²) in [5.74, 6) is 0.982. The van der Waals surface area contributed by atoms with Gasteiger partial charge in [-0.15, -0.1) is 0 Å². The number of ether oxygens (including phenoxy) is 1. The van der Waals surface area contributed by atoms with Crippen molar-refractivity contribution in [3.05, 3.63) is 65.2 Å². The highest BCUT2D eigenvalue weighted by Gasteiger charge is 1.98. The largest absolute Gasteiger partial charge is 0.494 e. The van der Waals surface area contributed by atoms with Crippen molar-refractivity contribution in [2.75, 3.05) is 6.61 Å². The standard InChI is InChI=1S/C23H33NO/c1-3-4-5-6-7-8-16-25-23-14-12-21(13-15-23)18-24-19-22-11-9-10-20(2)17-22/h9-15,17,24H,3-8,16,18-19H2,1-2H3. The van der Waals surface area contributed by atoms with E-state index in [0.717, 1.165) is 31.9 Å². The van der Waals surface area contributed by atoms with Crippen LogP contribution in [0.1, 0.15) is 62.1 Å². The predicted octanol–water partition coefficient (Wildman–Crippen LogP) is 6.02. The van der Waals surface area contributed by atoms with E-state index in [1.807, 2.05) is 0 Å². The van der Waals surface area contributed by atoms with Crippen LogP contribution in [0.4, 0.5) is 0 Å². The van der Waals surface area contributed by atoms with Crippen molar-refractivity contribution in [1.29, 1.82) is 0 Å². The van der Waals surface area contributed by atoms with Crippen molar-refractivity contribution in [2.45, 2.75) is 65.5 Å². The molecular weight excluding hydrogens is 306 g/mol. The molecule has 2 aromatic rings. The van der Waals surface area contributed by atoms with Crippen LogP contribution >= 0.6 is 0 Å². The summed E-state index contributed by atoms with van der Waals surface area (Å²) in [4.78, 5) is 0. The SMILES string of the molecule is CCCCCCCCOc1ccc(CNCc2cccc(C)c2)cc1. The second-order valence-electron chi connectivity index (χ2n) is 6.85. The van der Waals surface area contributed by atoms with E-state index in [1.54, 1.807) is 0 Å². The van der Waals surface area contributed by atoms with Gasteiger partial charge in [0.15, 0.2) is 0 Å². The number of hydrogen-bond donors (Lipinski definition) is 1. The lowest BCUT2D eigenvalue weighted by Crippen LogP contribution is -2.12. The van der Waals surface area contributed by atoms with Crippen molar-refractivity contribution in [2.24, 2.45) is 0 Å². The molecule has 0 amide bonds. The highest BCUT2D eigenvalue weighted by atomic mass is 16.5. The lowest BCUT2D eigenvalue weighted by atomic mass is 10.1. The Kier molecular flexibility index (Phi) is 9.14. The summed E-state index contributed by atoms with van der Waals surface area (Å²) in [7, 11) is 0. The Morgan fingerprint density at radius 2 is 1.52 bits per heavy atom. The van der Waals surface area contributed by atoms with Gasteiger partial charge >= 0.3 is 0 Å². The molecule has 2 rings (SSSR count). The van der Waals surface area contributed by atoms with E-state index in [0.29, 0.717) is 0 Å². The van der Waals surface area contributed by atoms with E-state index in [-0.39, 0.29) is 0 Å². The maximum atomic E-state index is 5.83. The Hall–Kier alpha value is -1.80. The van der Waals surface area contributed by atoms with Crippen molar-refractivity contribution >= 4 is 0 Å². The average Bonchev–Trinajstić information content (AvgIpc) is 2.62. The maximum absolute atomic E-state index is 5.83. The summed E-state index contributed by atoms with van der Waals surface area (Å²) in [5.41, 5.74) is 3.93. The van der Waals surface area contributed by atoms with Crippen LogP contribution in [0.25, 0.3) is 0 Å². The molecule has 2 heteroatoms. The molecule has 0 spiro atoms. The number of nitrogens with one attached hydrogen (secondary N) is 1. The summed E-state index contributed by atoms with van der Waals surface area (Å²) in [6.07, 6.45) is 7.80. The summed E-state index contributed by atoms with van der Waals surface area (Å²) in [6, 6.07) is 17.1. The second kappa shape index (κ2) is 11.7. The number of rotatable bonds is 12. The van der Waals surface area contributed by atoms with Gasteiger partial charge in [0.1, 0.15) is 5.75 Å². The Labute approximate surface area is 153 Å². The normalized spacial score (nSPS) is 10.8. The minimum absolute atomic E-state index is 0.830. The molecule has 1 N–H and O–H groups in total. The number of aryl methyl sites for hydroxylation is 1. The fraction of sp³-hybridized carbons (Fsp3) is 0.478. The van der Waals surface area contributed by atoms with Crippen LogP contribution in [-0.4, -0.2) is 6.61 Å². The molecule has 0 aliphatic heterocycles. The first-order valence-corrected chi connectivity index (χ1v) is 9.76. The summed E-state index contributed by atoms with van der Waals surface area (Å²) >= 11 is 0. The zero-order valence-corrected chi connectivity index (χ0v) is 15.9. The lowest BCUT2D eigenvalue weighted by Gasteiger charge is -2.09.